The van der Waals surface area contributed by atoms with Crippen LogP contribution in [0.25, 0.3) is 0 Å². The molecule has 0 saturated heterocycles. The molecule has 1 aromatic carbocycles. The van der Waals surface area contributed by atoms with Gasteiger partial charge in [0.2, 0.25) is 5.95 Å². The summed E-state index contributed by atoms with van der Waals surface area (Å²) >= 11 is 5.54. The highest BCUT2D eigenvalue weighted by atomic mass is 35.5. The summed E-state index contributed by atoms with van der Waals surface area (Å²) in [4.78, 5) is 8.61. The number of nitrogen functional groups attached to an aromatic ring is 1. The van der Waals surface area contributed by atoms with Crippen molar-refractivity contribution in [2.45, 2.75) is 32.6 Å². The average Bonchev–Trinajstić information content (AvgIpc) is 3.01. The normalized spacial score (nSPS) is 12.7. The molecule has 0 aliphatic heterocycles. The highest BCUT2D eigenvalue weighted by Gasteiger charge is 2.17. The third-order valence-corrected chi connectivity index (χ3v) is 4.14. The molecule has 0 unspecified atom stereocenters. The summed E-state index contributed by atoms with van der Waals surface area (Å²) in [6, 6.07) is 11.4. The fourth-order valence-electron chi connectivity index (χ4n) is 2.73. The number of H-pyrrole nitrogens is 1. The van der Waals surface area contributed by atoms with Crippen LogP contribution < -0.4 is 11.1 Å². The molecule has 0 fully saturated rings. The van der Waals surface area contributed by atoms with E-state index in [-0.39, 0.29) is 0 Å². The molecule has 2 aromatic heterocycles. The Morgan fingerprint density at radius 3 is 2.52 bits per heavy atom. The van der Waals surface area contributed by atoms with Crippen LogP contribution in [0.4, 0.5) is 17.6 Å². The fraction of sp³-hybridized carbons (Fsp3) is 0.278. The van der Waals surface area contributed by atoms with Gasteiger partial charge in [-0.2, -0.15) is 10.1 Å². The first-order valence-electron chi connectivity index (χ1n) is 8.26. The van der Waals surface area contributed by atoms with E-state index in [0.29, 0.717) is 5.95 Å². The summed E-state index contributed by atoms with van der Waals surface area (Å²) in [5, 5.41) is 11.1. The lowest BCUT2D eigenvalue weighted by molar-refractivity contribution is 0.666. The zero-order valence-corrected chi connectivity index (χ0v) is 14.8. The van der Waals surface area contributed by atoms with E-state index in [9.17, 15) is 0 Å². The van der Waals surface area contributed by atoms with Gasteiger partial charge in [0.1, 0.15) is 5.82 Å². The van der Waals surface area contributed by atoms with E-state index in [4.69, 9.17) is 17.3 Å². The van der Waals surface area contributed by atoms with Gasteiger partial charge in [0.15, 0.2) is 5.82 Å². The van der Waals surface area contributed by atoms with E-state index in [1.807, 2.05) is 43.3 Å². The summed E-state index contributed by atoms with van der Waals surface area (Å²) in [7, 11) is 0. The van der Waals surface area contributed by atoms with Gasteiger partial charge in [0, 0.05) is 22.3 Å². The molecule has 0 bridgehead atoms. The predicted molar refractivity (Wildman–Crippen MR) is 101 cm³/mol. The van der Waals surface area contributed by atoms with E-state index < -0.39 is 0 Å². The Bertz CT molecular complexity index is 831. The number of fused-ring (bicyclic) bond motifs is 1. The van der Waals surface area contributed by atoms with Gasteiger partial charge < -0.3 is 11.1 Å². The first-order valence-corrected chi connectivity index (χ1v) is 8.64. The lowest BCUT2D eigenvalue weighted by atomic mass is 9.96. The van der Waals surface area contributed by atoms with Crippen LogP contribution in [-0.4, -0.2) is 20.2 Å². The molecule has 0 spiro atoms. The highest BCUT2D eigenvalue weighted by molar-refractivity contribution is 6.30. The van der Waals surface area contributed by atoms with Gasteiger partial charge in [-0.25, -0.2) is 4.98 Å². The minimum absolute atomic E-state index is 0.324. The molecule has 4 N–H and O–H groups in total. The first kappa shape index (κ1) is 17.2. The molecule has 2 heterocycles. The van der Waals surface area contributed by atoms with Crippen LogP contribution in [0.5, 0.6) is 0 Å². The number of rotatable bonds is 2. The Balaban J connectivity index is 0.000000219. The fourth-order valence-corrected chi connectivity index (χ4v) is 2.88. The van der Waals surface area contributed by atoms with E-state index in [1.165, 1.54) is 18.4 Å². The Hall–Kier alpha value is -2.60. The zero-order valence-electron chi connectivity index (χ0n) is 14.1. The van der Waals surface area contributed by atoms with Crippen molar-refractivity contribution in [1.82, 2.24) is 20.2 Å². The quantitative estimate of drug-likeness (QED) is 0.644. The van der Waals surface area contributed by atoms with E-state index in [0.717, 1.165) is 40.9 Å². The van der Waals surface area contributed by atoms with E-state index in [2.05, 4.69) is 25.5 Å². The van der Waals surface area contributed by atoms with Gasteiger partial charge >= 0.3 is 0 Å². The Labute approximate surface area is 151 Å². The molecule has 0 radical (unpaired) electrons. The Kier molecular flexibility index (Phi) is 5.50. The molecular weight excluding hydrogens is 336 g/mol. The number of nitrogens with one attached hydrogen (secondary N) is 2. The van der Waals surface area contributed by atoms with Gasteiger partial charge in [0.05, 0.1) is 5.69 Å². The number of nitrogens with zero attached hydrogens (tertiary/aromatic N) is 3. The van der Waals surface area contributed by atoms with Crippen LogP contribution in [0.15, 0.2) is 36.4 Å². The van der Waals surface area contributed by atoms with Crippen molar-refractivity contribution in [2.24, 2.45) is 0 Å². The highest BCUT2D eigenvalue weighted by Crippen LogP contribution is 2.27. The lowest BCUT2D eigenvalue weighted by Gasteiger charge is -2.18. The zero-order chi connectivity index (χ0) is 17.6. The maximum atomic E-state index is 5.75. The van der Waals surface area contributed by atoms with Crippen LogP contribution >= 0.6 is 11.6 Å². The third-order valence-electron chi connectivity index (χ3n) is 3.89. The second-order valence-electron chi connectivity index (χ2n) is 5.92. The molecule has 6 nitrogen and oxygen atoms in total. The van der Waals surface area contributed by atoms with Gasteiger partial charge in [-0.15, -0.1) is 0 Å². The van der Waals surface area contributed by atoms with Crippen molar-refractivity contribution in [3.05, 3.63) is 58.4 Å². The largest absolute Gasteiger partial charge is 0.368 e. The van der Waals surface area contributed by atoms with Crippen LogP contribution in [-0.2, 0) is 12.8 Å². The molecule has 130 valence electrons. The third kappa shape index (κ3) is 4.70. The van der Waals surface area contributed by atoms with Crippen LogP contribution in [0, 0.1) is 6.92 Å². The molecule has 0 amide bonds. The summed E-state index contributed by atoms with van der Waals surface area (Å²) < 4.78 is 0. The van der Waals surface area contributed by atoms with Crippen LogP contribution in [0.3, 0.4) is 0 Å². The minimum Gasteiger partial charge on any atom is -0.368 e. The monoisotopic (exact) mass is 356 g/mol. The molecule has 25 heavy (non-hydrogen) atoms. The predicted octanol–water partition coefficient (Wildman–Crippen LogP) is 4.05. The molecule has 3 aromatic rings. The van der Waals surface area contributed by atoms with Gasteiger partial charge in [-0.3, -0.25) is 5.10 Å². The number of aromatic amines is 1. The van der Waals surface area contributed by atoms with Crippen LogP contribution in [0.1, 0.15) is 29.8 Å². The SMILES string of the molecule is Cc1cc(Nc2nc(N)nc3c2CCCC3)n[nH]1.Clc1ccccc1. The smallest absolute Gasteiger partial charge is 0.222 e. The van der Waals surface area contributed by atoms with Crippen molar-refractivity contribution in [2.75, 3.05) is 11.1 Å². The molecule has 4 rings (SSSR count). The molecular formula is C18H21ClN6. The standard InChI is InChI=1S/C12H16N6.C6H5Cl/c1-7-6-10(18-17-7)15-11-8-4-2-3-5-9(8)14-12(13)16-11;7-6-4-2-1-3-5-6/h6H,2-5H2,1H3,(H4,13,14,15,16,17,18);1-5H. The van der Waals surface area contributed by atoms with Crippen molar-refractivity contribution in [1.29, 1.82) is 0 Å². The number of nitrogens with two attached hydrogens (primary N) is 1. The minimum atomic E-state index is 0.324. The van der Waals surface area contributed by atoms with E-state index in [1.54, 1.807) is 0 Å². The molecule has 0 saturated carbocycles. The van der Waals surface area contributed by atoms with Crippen molar-refractivity contribution in [3.8, 4) is 0 Å². The summed E-state index contributed by atoms with van der Waals surface area (Å²) in [5.41, 5.74) is 9.01. The lowest BCUT2D eigenvalue weighted by Crippen LogP contribution is -2.12. The number of halogens is 1. The van der Waals surface area contributed by atoms with Crippen molar-refractivity contribution < 1.29 is 0 Å². The van der Waals surface area contributed by atoms with Crippen molar-refractivity contribution in [3.63, 3.8) is 0 Å². The van der Waals surface area contributed by atoms with Gasteiger partial charge in [0.25, 0.3) is 0 Å². The number of anilines is 3. The number of hydrogen-bond donors (Lipinski definition) is 3. The number of hydrogen-bond acceptors (Lipinski definition) is 5. The number of aryl methyl sites for hydroxylation is 2. The second kappa shape index (κ2) is 7.98. The Morgan fingerprint density at radius 2 is 1.88 bits per heavy atom. The summed E-state index contributed by atoms with van der Waals surface area (Å²) in [6.45, 7) is 1.96. The molecule has 1 aliphatic rings. The van der Waals surface area contributed by atoms with E-state index >= 15 is 0 Å². The molecule has 1 aliphatic carbocycles. The maximum absolute atomic E-state index is 5.75. The summed E-state index contributed by atoms with van der Waals surface area (Å²) in [5.74, 6) is 1.88. The topological polar surface area (TPSA) is 92.5 Å². The molecule has 0 atom stereocenters. The first-order chi connectivity index (χ1) is 12.1. The second-order valence-corrected chi connectivity index (χ2v) is 6.36. The number of benzene rings is 1. The average molecular weight is 357 g/mol. The molecule has 7 heteroatoms. The van der Waals surface area contributed by atoms with Gasteiger partial charge in [-0.05, 0) is 44.7 Å². The van der Waals surface area contributed by atoms with Gasteiger partial charge in [-0.1, -0.05) is 29.8 Å². The Morgan fingerprint density at radius 1 is 1.12 bits per heavy atom. The van der Waals surface area contributed by atoms with Crippen LogP contribution in [0.2, 0.25) is 5.02 Å². The van der Waals surface area contributed by atoms with Crippen molar-refractivity contribution >= 4 is 29.2 Å². The summed E-state index contributed by atoms with van der Waals surface area (Å²) in [6.07, 6.45) is 4.33. The maximum Gasteiger partial charge on any atom is 0.222 e. The number of aromatic nitrogens is 4.